The molecule has 2 fully saturated rings. The zero-order chi connectivity index (χ0) is 24.0. The normalized spacial score (nSPS) is 19.8. The smallest absolute Gasteiger partial charge is 0.260 e. The topological polar surface area (TPSA) is 91.4 Å². The minimum Gasteiger partial charge on any atom is -0.483 e. The highest BCUT2D eigenvalue weighted by Gasteiger charge is 2.43. The number of likely N-dealkylation sites (tertiary alicyclic amines) is 2. The fraction of sp³-hybridized carbons (Fsp3) is 0.440. The lowest BCUT2D eigenvalue weighted by Crippen LogP contribution is -2.37. The molecule has 0 spiro atoms. The summed E-state index contributed by atoms with van der Waals surface area (Å²) in [6, 6.07) is 9.19. The zero-order valence-electron chi connectivity index (χ0n) is 19.5. The van der Waals surface area contributed by atoms with E-state index in [-0.39, 0.29) is 36.2 Å². The van der Waals surface area contributed by atoms with Crippen molar-refractivity contribution in [1.29, 1.82) is 0 Å². The van der Waals surface area contributed by atoms with Crippen LogP contribution in [0.25, 0.3) is 11.0 Å². The third-order valence-corrected chi connectivity index (χ3v) is 7.36. The Balaban J connectivity index is 1.18. The Bertz CT molecular complexity index is 1240. The maximum Gasteiger partial charge on any atom is 0.260 e. The van der Waals surface area contributed by atoms with Crippen LogP contribution in [0, 0.1) is 18.8 Å². The number of aromatic amines is 1. The van der Waals surface area contributed by atoms with E-state index in [4.69, 9.17) is 16.3 Å². The molecule has 2 aromatic carbocycles. The molecule has 178 valence electrons. The molecule has 0 saturated carbocycles. The summed E-state index contributed by atoms with van der Waals surface area (Å²) in [7, 11) is 0. The number of amides is 2. The molecule has 2 aliphatic rings. The first-order valence-corrected chi connectivity index (χ1v) is 12.0. The summed E-state index contributed by atoms with van der Waals surface area (Å²) < 4.78 is 5.95. The van der Waals surface area contributed by atoms with Crippen molar-refractivity contribution in [2.75, 3.05) is 32.8 Å². The molecule has 1 N–H and O–H groups in total. The van der Waals surface area contributed by atoms with Crippen molar-refractivity contribution in [3.8, 4) is 5.75 Å². The van der Waals surface area contributed by atoms with Crippen LogP contribution in [0.4, 0.5) is 0 Å². The molecule has 2 saturated heterocycles. The van der Waals surface area contributed by atoms with Gasteiger partial charge in [0.15, 0.2) is 6.61 Å². The predicted molar refractivity (Wildman–Crippen MR) is 129 cm³/mol. The van der Waals surface area contributed by atoms with Gasteiger partial charge < -0.3 is 14.5 Å². The van der Waals surface area contributed by atoms with Crippen LogP contribution in [0.15, 0.2) is 30.3 Å². The molecule has 9 heteroatoms. The largest absolute Gasteiger partial charge is 0.483 e. The van der Waals surface area contributed by atoms with Crippen molar-refractivity contribution in [2.24, 2.45) is 11.8 Å². The highest BCUT2D eigenvalue weighted by molar-refractivity contribution is 6.31. The lowest BCUT2D eigenvalue weighted by Gasteiger charge is -2.22. The second kappa shape index (κ2) is 8.91. The van der Waals surface area contributed by atoms with Crippen molar-refractivity contribution in [3.05, 3.63) is 52.0 Å². The van der Waals surface area contributed by atoms with Crippen LogP contribution in [0.2, 0.25) is 5.02 Å². The molecular formula is C25H28ClN5O3. The number of hydrogen-bond donors (Lipinski definition) is 1. The Morgan fingerprint density at radius 1 is 1.06 bits per heavy atom. The van der Waals surface area contributed by atoms with Crippen molar-refractivity contribution >= 4 is 34.4 Å². The van der Waals surface area contributed by atoms with Gasteiger partial charge in [0, 0.05) is 48.6 Å². The number of rotatable bonds is 5. The second-order valence-corrected chi connectivity index (χ2v) is 10.0. The summed E-state index contributed by atoms with van der Waals surface area (Å²) in [5.41, 5.74) is 3.96. The van der Waals surface area contributed by atoms with E-state index in [9.17, 15) is 9.59 Å². The number of carbonyl (C=O) groups is 2. The fourth-order valence-corrected chi connectivity index (χ4v) is 5.17. The van der Waals surface area contributed by atoms with Crippen LogP contribution >= 0.6 is 11.6 Å². The molecule has 1 aromatic heterocycles. The van der Waals surface area contributed by atoms with E-state index in [1.807, 2.05) is 28.9 Å². The number of aryl methyl sites for hydroxylation is 1. The van der Waals surface area contributed by atoms with Gasteiger partial charge in [-0.2, -0.15) is 15.4 Å². The molecule has 2 atom stereocenters. The Morgan fingerprint density at radius 3 is 2.44 bits per heavy atom. The van der Waals surface area contributed by atoms with E-state index < -0.39 is 0 Å². The average Bonchev–Trinajstić information content (AvgIpc) is 3.52. The number of carbonyl (C=O) groups excluding carboxylic acids is 2. The molecule has 0 bridgehead atoms. The van der Waals surface area contributed by atoms with Gasteiger partial charge in [-0.25, -0.2) is 0 Å². The Hall–Kier alpha value is -3.13. The van der Waals surface area contributed by atoms with E-state index >= 15 is 0 Å². The minimum absolute atomic E-state index is 0.000155. The number of nitrogens with one attached hydrogen (secondary N) is 1. The molecule has 2 amide bonds. The molecule has 5 rings (SSSR count). The SMILES string of the molecule is Cc1cc(OCC(=O)N2C[C@@H]3CN(C(=O)c4ccc5n[nH]nc5c4)C[C@@H]3C2)c(C(C)C)cc1Cl. The van der Waals surface area contributed by atoms with Gasteiger partial charge in [-0.3, -0.25) is 9.59 Å². The summed E-state index contributed by atoms with van der Waals surface area (Å²) in [5.74, 6) is 1.50. The van der Waals surface area contributed by atoms with Gasteiger partial charge in [0.25, 0.3) is 11.8 Å². The quantitative estimate of drug-likeness (QED) is 0.600. The predicted octanol–water partition coefficient (Wildman–Crippen LogP) is 3.65. The maximum atomic E-state index is 13.0. The van der Waals surface area contributed by atoms with Crippen LogP contribution in [0.3, 0.4) is 0 Å². The van der Waals surface area contributed by atoms with E-state index in [1.165, 1.54) is 0 Å². The maximum absolute atomic E-state index is 13.0. The van der Waals surface area contributed by atoms with Gasteiger partial charge in [0.05, 0.1) is 0 Å². The molecule has 0 unspecified atom stereocenters. The van der Waals surface area contributed by atoms with Crippen LogP contribution in [-0.4, -0.2) is 69.8 Å². The average molecular weight is 482 g/mol. The van der Waals surface area contributed by atoms with Gasteiger partial charge in [-0.1, -0.05) is 25.4 Å². The highest BCUT2D eigenvalue weighted by Crippen LogP contribution is 2.34. The summed E-state index contributed by atoms with van der Waals surface area (Å²) in [5, 5.41) is 11.4. The van der Waals surface area contributed by atoms with Crippen molar-refractivity contribution < 1.29 is 14.3 Å². The van der Waals surface area contributed by atoms with Crippen LogP contribution < -0.4 is 4.74 Å². The van der Waals surface area contributed by atoms with E-state index in [0.29, 0.717) is 48.0 Å². The fourth-order valence-electron chi connectivity index (χ4n) is 5.00. The highest BCUT2D eigenvalue weighted by atomic mass is 35.5. The van der Waals surface area contributed by atoms with Gasteiger partial charge in [-0.15, -0.1) is 0 Å². The second-order valence-electron chi connectivity index (χ2n) is 9.64. The van der Waals surface area contributed by atoms with Crippen LogP contribution in [0.1, 0.15) is 41.3 Å². The monoisotopic (exact) mass is 481 g/mol. The van der Waals surface area contributed by atoms with Crippen LogP contribution in [-0.2, 0) is 4.79 Å². The minimum atomic E-state index is -0.0222. The first kappa shape index (κ1) is 22.7. The number of aromatic nitrogens is 3. The summed E-state index contributed by atoms with van der Waals surface area (Å²) in [6.07, 6.45) is 0. The molecule has 3 aromatic rings. The first-order chi connectivity index (χ1) is 16.3. The lowest BCUT2D eigenvalue weighted by atomic mass is 10.0. The van der Waals surface area contributed by atoms with Crippen molar-refractivity contribution in [3.63, 3.8) is 0 Å². The molecule has 34 heavy (non-hydrogen) atoms. The Labute approximate surface area is 203 Å². The molecule has 0 radical (unpaired) electrons. The molecule has 3 heterocycles. The third-order valence-electron chi connectivity index (χ3n) is 6.95. The van der Waals surface area contributed by atoms with E-state index in [2.05, 4.69) is 29.3 Å². The number of nitrogens with zero attached hydrogens (tertiary/aromatic N) is 4. The third kappa shape index (κ3) is 4.22. The van der Waals surface area contributed by atoms with Crippen molar-refractivity contribution in [1.82, 2.24) is 25.2 Å². The zero-order valence-corrected chi connectivity index (χ0v) is 20.3. The number of benzene rings is 2. The number of fused-ring (bicyclic) bond motifs is 2. The van der Waals surface area contributed by atoms with Gasteiger partial charge in [0.2, 0.25) is 0 Å². The number of halogens is 1. The van der Waals surface area contributed by atoms with E-state index in [1.54, 1.807) is 18.2 Å². The molecule has 2 aliphatic heterocycles. The molecule has 8 nitrogen and oxygen atoms in total. The molecular weight excluding hydrogens is 454 g/mol. The molecule has 0 aliphatic carbocycles. The van der Waals surface area contributed by atoms with Gasteiger partial charge in [-0.05, 0) is 54.3 Å². The summed E-state index contributed by atoms with van der Waals surface area (Å²) >= 11 is 6.28. The summed E-state index contributed by atoms with van der Waals surface area (Å²) in [4.78, 5) is 29.7. The van der Waals surface area contributed by atoms with Gasteiger partial charge in [0.1, 0.15) is 16.8 Å². The standard InChI is InChI=1S/C25H28ClN5O3/c1-14(2)19-8-20(26)15(3)6-23(19)34-13-24(32)30-9-17-11-31(12-18(17)10-30)25(33)16-4-5-21-22(7-16)28-29-27-21/h4-8,14,17-18H,9-13H2,1-3H3,(H,27,28,29)/t17-,18+. The van der Waals surface area contributed by atoms with Crippen molar-refractivity contribution in [2.45, 2.75) is 26.7 Å². The summed E-state index contributed by atoms with van der Waals surface area (Å²) in [6.45, 7) is 8.69. The number of H-pyrrole nitrogens is 1. The number of ether oxygens (including phenoxy) is 1. The van der Waals surface area contributed by atoms with Gasteiger partial charge >= 0.3 is 0 Å². The lowest BCUT2D eigenvalue weighted by molar-refractivity contribution is -0.132. The number of hydrogen-bond acceptors (Lipinski definition) is 5. The Morgan fingerprint density at radius 2 is 1.74 bits per heavy atom. The Kier molecular flexibility index (Phi) is 5.93. The van der Waals surface area contributed by atoms with Crippen LogP contribution in [0.5, 0.6) is 5.75 Å². The van der Waals surface area contributed by atoms with E-state index in [0.717, 1.165) is 16.6 Å². The first-order valence-electron chi connectivity index (χ1n) is 11.6.